The summed E-state index contributed by atoms with van der Waals surface area (Å²) in [5, 5.41) is 0. The minimum Gasteiger partial charge on any atom is -0.466 e. The second-order valence-electron chi connectivity index (χ2n) is 5.52. The van der Waals surface area contributed by atoms with Crippen LogP contribution in [0.4, 0.5) is 0 Å². The van der Waals surface area contributed by atoms with Crippen LogP contribution in [-0.4, -0.2) is 43.6 Å². The Morgan fingerprint density at radius 3 is 2.38 bits per heavy atom. The van der Waals surface area contributed by atoms with Gasteiger partial charge < -0.3 is 14.2 Å². The number of hydrogen-bond acceptors (Lipinski definition) is 6. The average molecular weight is 328 g/mol. The van der Waals surface area contributed by atoms with E-state index in [1.165, 1.54) is 14.2 Å². The second kappa shape index (κ2) is 6.05. The van der Waals surface area contributed by atoms with E-state index in [0.717, 1.165) is 0 Å². The zero-order chi connectivity index (χ0) is 17.3. The summed E-state index contributed by atoms with van der Waals surface area (Å²) in [6.45, 7) is 0. The first kappa shape index (κ1) is 16.1. The van der Waals surface area contributed by atoms with Gasteiger partial charge >= 0.3 is 11.9 Å². The zero-order valence-electron chi connectivity index (χ0n) is 13.3. The van der Waals surface area contributed by atoms with Crippen molar-refractivity contribution in [3.05, 3.63) is 59.2 Å². The smallest absolute Gasteiger partial charge is 0.337 e. The Morgan fingerprint density at radius 2 is 1.75 bits per heavy atom. The molecule has 0 amide bonds. The standard InChI is InChI=1S/C18H16O6/c1-22-16(20)14-13-8-9-18(24-13,15(14)17(21)23-2)10-12(19)11-6-4-3-5-7-11/h3-9,13H,10H2,1-2H3. The lowest BCUT2D eigenvalue weighted by Gasteiger charge is -2.24. The van der Waals surface area contributed by atoms with Crippen molar-refractivity contribution in [2.75, 3.05) is 14.2 Å². The Bertz CT molecular complexity index is 761. The molecule has 0 aliphatic carbocycles. The van der Waals surface area contributed by atoms with E-state index in [1.54, 1.807) is 36.4 Å². The molecule has 2 atom stereocenters. The first-order chi connectivity index (χ1) is 11.5. The van der Waals surface area contributed by atoms with Crippen molar-refractivity contribution in [2.45, 2.75) is 18.1 Å². The van der Waals surface area contributed by atoms with Crippen molar-refractivity contribution in [1.29, 1.82) is 0 Å². The Hall–Kier alpha value is -2.73. The van der Waals surface area contributed by atoms with Crippen LogP contribution in [0.25, 0.3) is 0 Å². The SMILES string of the molecule is COC(=O)C1=C(C(=O)OC)C2(CC(=O)c3ccccc3)C=CC1O2. The number of carbonyl (C=O) groups is 3. The fraction of sp³-hybridized carbons (Fsp3) is 0.278. The topological polar surface area (TPSA) is 78.9 Å². The molecule has 0 saturated carbocycles. The largest absolute Gasteiger partial charge is 0.466 e. The molecule has 1 aromatic rings. The molecule has 6 nitrogen and oxygen atoms in total. The first-order valence-corrected chi connectivity index (χ1v) is 7.39. The molecule has 0 aromatic heterocycles. The van der Waals surface area contributed by atoms with Gasteiger partial charge in [-0.2, -0.15) is 0 Å². The number of fused-ring (bicyclic) bond motifs is 2. The van der Waals surface area contributed by atoms with Crippen LogP contribution < -0.4 is 0 Å². The quantitative estimate of drug-likeness (QED) is 0.464. The Morgan fingerprint density at radius 1 is 1.08 bits per heavy atom. The molecule has 2 aliphatic heterocycles. The molecule has 0 fully saturated rings. The van der Waals surface area contributed by atoms with Gasteiger partial charge in [0.05, 0.1) is 25.4 Å². The molecule has 2 heterocycles. The van der Waals surface area contributed by atoms with Crippen molar-refractivity contribution in [3.8, 4) is 0 Å². The molecule has 0 N–H and O–H groups in total. The summed E-state index contributed by atoms with van der Waals surface area (Å²) < 4.78 is 15.4. The van der Waals surface area contributed by atoms with Crippen LogP contribution in [0, 0.1) is 0 Å². The highest BCUT2D eigenvalue weighted by Gasteiger charge is 2.55. The molecule has 2 unspecified atom stereocenters. The van der Waals surface area contributed by atoms with E-state index in [-0.39, 0.29) is 23.4 Å². The van der Waals surface area contributed by atoms with Crippen LogP contribution in [0.3, 0.4) is 0 Å². The minimum absolute atomic E-state index is 0.0358. The third-order valence-electron chi connectivity index (χ3n) is 4.17. The lowest BCUT2D eigenvalue weighted by molar-refractivity contribution is -0.139. The molecule has 0 spiro atoms. The van der Waals surface area contributed by atoms with Crippen LogP contribution in [0.1, 0.15) is 16.8 Å². The fourth-order valence-electron chi connectivity index (χ4n) is 3.08. The monoisotopic (exact) mass is 328 g/mol. The molecule has 6 heteroatoms. The van der Waals surface area contributed by atoms with Gasteiger partial charge in [-0.3, -0.25) is 4.79 Å². The van der Waals surface area contributed by atoms with Crippen molar-refractivity contribution in [1.82, 2.24) is 0 Å². The van der Waals surface area contributed by atoms with Crippen LogP contribution in [0.2, 0.25) is 0 Å². The number of carbonyl (C=O) groups excluding carboxylic acids is 3. The van der Waals surface area contributed by atoms with Crippen LogP contribution in [-0.2, 0) is 23.8 Å². The molecular formula is C18H16O6. The summed E-state index contributed by atoms with van der Waals surface area (Å²) in [4.78, 5) is 36.9. The molecule has 124 valence electrons. The van der Waals surface area contributed by atoms with E-state index in [9.17, 15) is 14.4 Å². The third-order valence-corrected chi connectivity index (χ3v) is 4.17. The number of rotatable bonds is 5. The lowest BCUT2D eigenvalue weighted by Crippen LogP contribution is -2.35. The predicted octanol–water partition coefficient (Wildman–Crippen LogP) is 1.61. The number of ketones is 1. The van der Waals surface area contributed by atoms with Gasteiger partial charge in [0.1, 0.15) is 11.7 Å². The van der Waals surface area contributed by atoms with Gasteiger partial charge in [-0.1, -0.05) is 36.4 Å². The maximum absolute atomic E-state index is 12.6. The molecule has 24 heavy (non-hydrogen) atoms. The normalized spacial score (nSPS) is 24.2. The lowest BCUT2D eigenvalue weighted by atomic mass is 9.82. The van der Waals surface area contributed by atoms with Crippen molar-refractivity contribution < 1.29 is 28.6 Å². The van der Waals surface area contributed by atoms with Gasteiger partial charge in [0.2, 0.25) is 0 Å². The third kappa shape index (κ3) is 2.45. The van der Waals surface area contributed by atoms with Gasteiger partial charge in [-0.05, 0) is 6.08 Å². The number of benzene rings is 1. The van der Waals surface area contributed by atoms with E-state index in [1.807, 2.05) is 6.07 Å². The first-order valence-electron chi connectivity index (χ1n) is 7.39. The minimum atomic E-state index is -1.30. The van der Waals surface area contributed by atoms with Gasteiger partial charge in [0, 0.05) is 12.0 Å². The molecule has 2 bridgehead atoms. The van der Waals surface area contributed by atoms with Gasteiger partial charge in [-0.15, -0.1) is 0 Å². The van der Waals surface area contributed by atoms with E-state index >= 15 is 0 Å². The summed E-state index contributed by atoms with van der Waals surface area (Å²) in [6, 6.07) is 8.69. The van der Waals surface area contributed by atoms with Crippen molar-refractivity contribution >= 4 is 17.7 Å². The van der Waals surface area contributed by atoms with Gasteiger partial charge in [0.15, 0.2) is 5.78 Å². The van der Waals surface area contributed by atoms with Gasteiger partial charge in [0.25, 0.3) is 0 Å². The summed E-state index contributed by atoms with van der Waals surface area (Å²) in [5.41, 5.74) is -0.668. The number of methoxy groups -OCH3 is 2. The second-order valence-corrected chi connectivity index (χ2v) is 5.52. The molecule has 3 rings (SSSR count). The van der Waals surface area contributed by atoms with Crippen LogP contribution >= 0.6 is 0 Å². The van der Waals surface area contributed by atoms with Crippen molar-refractivity contribution in [2.24, 2.45) is 0 Å². The van der Waals surface area contributed by atoms with Crippen LogP contribution in [0.15, 0.2) is 53.6 Å². The molecule has 0 saturated heterocycles. The molecule has 2 aliphatic rings. The molecule has 0 radical (unpaired) electrons. The van der Waals surface area contributed by atoms with E-state index in [0.29, 0.717) is 5.56 Å². The Balaban J connectivity index is 2.00. The summed E-state index contributed by atoms with van der Waals surface area (Å²) in [5.74, 6) is -1.57. The number of ether oxygens (including phenoxy) is 3. The zero-order valence-corrected chi connectivity index (χ0v) is 13.3. The van der Waals surface area contributed by atoms with E-state index in [2.05, 4.69) is 0 Å². The summed E-state index contributed by atoms with van der Waals surface area (Å²) >= 11 is 0. The van der Waals surface area contributed by atoms with E-state index < -0.39 is 23.6 Å². The highest BCUT2D eigenvalue weighted by atomic mass is 16.6. The highest BCUT2D eigenvalue weighted by molar-refractivity contribution is 6.07. The van der Waals surface area contributed by atoms with Gasteiger partial charge in [-0.25, -0.2) is 9.59 Å². The molecular weight excluding hydrogens is 312 g/mol. The summed E-state index contributed by atoms with van der Waals surface area (Å²) in [6.07, 6.45) is 2.47. The number of Topliss-reactive ketones (excluding diaryl/α,β-unsaturated/α-hetero) is 1. The van der Waals surface area contributed by atoms with E-state index in [4.69, 9.17) is 14.2 Å². The molecule has 1 aromatic carbocycles. The Labute approximate surface area is 138 Å². The average Bonchev–Trinajstić information content (AvgIpc) is 3.16. The Kier molecular flexibility index (Phi) is 4.07. The fourth-order valence-corrected chi connectivity index (χ4v) is 3.08. The van der Waals surface area contributed by atoms with Crippen LogP contribution in [0.5, 0.6) is 0 Å². The maximum Gasteiger partial charge on any atom is 0.337 e. The number of hydrogen-bond donors (Lipinski definition) is 0. The summed E-state index contributed by atoms with van der Waals surface area (Å²) in [7, 11) is 2.44. The predicted molar refractivity (Wildman–Crippen MR) is 83.2 cm³/mol. The van der Waals surface area contributed by atoms with Crippen molar-refractivity contribution in [3.63, 3.8) is 0 Å². The highest BCUT2D eigenvalue weighted by Crippen LogP contribution is 2.46. The maximum atomic E-state index is 12.6. The number of esters is 2.